The van der Waals surface area contributed by atoms with E-state index < -0.39 is 55.3 Å². The first-order chi connectivity index (χ1) is 30.7. The molecule has 17 heteroatoms. The number of phenolic OH excluding ortho intramolecular Hbond substituents is 2. The predicted molar refractivity (Wildman–Crippen MR) is 233 cm³/mol. The molecular formula is C47H52N4O13. The van der Waals surface area contributed by atoms with Crippen molar-refractivity contribution in [1.29, 1.82) is 0 Å². The number of aromatic nitrogens is 2. The van der Waals surface area contributed by atoms with Gasteiger partial charge < -0.3 is 65.1 Å². The number of aliphatic hydroxyl groups excluding tert-OH is 4. The summed E-state index contributed by atoms with van der Waals surface area (Å²) in [4.78, 5) is 41.9. The fourth-order valence-corrected chi connectivity index (χ4v) is 9.93. The number of nitrogens with zero attached hydrogens (tertiary/aromatic N) is 1. The second-order valence-corrected chi connectivity index (χ2v) is 17.6. The molecule has 338 valence electrons. The Bertz CT molecular complexity index is 2790. The second-order valence-electron chi connectivity index (χ2n) is 17.6. The van der Waals surface area contributed by atoms with E-state index in [0.29, 0.717) is 76.0 Å². The molecule has 1 spiro atoms. The van der Waals surface area contributed by atoms with Gasteiger partial charge in [-0.05, 0) is 79.6 Å². The van der Waals surface area contributed by atoms with E-state index in [1.807, 2.05) is 36.3 Å². The van der Waals surface area contributed by atoms with Gasteiger partial charge in [-0.2, -0.15) is 0 Å². The van der Waals surface area contributed by atoms with Crippen LogP contribution in [0.4, 0.5) is 0 Å². The number of fused-ring (bicyclic) bond motifs is 4. The quantitative estimate of drug-likeness (QED) is 0.0429. The maximum Gasteiger partial charge on any atom is 0.220 e. The first kappa shape index (κ1) is 43.5. The van der Waals surface area contributed by atoms with E-state index in [9.17, 15) is 45.3 Å². The lowest BCUT2D eigenvalue weighted by Crippen LogP contribution is -2.62. The summed E-state index contributed by atoms with van der Waals surface area (Å²) in [5.41, 5.74) is -1.35. The number of benzene rings is 3. The molecule has 1 aliphatic carbocycles. The number of carbonyl (C=O) groups excluding carboxylic acids is 1. The molecule has 3 aromatic heterocycles. The van der Waals surface area contributed by atoms with Gasteiger partial charge in [0.05, 0.1) is 17.5 Å². The van der Waals surface area contributed by atoms with Gasteiger partial charge in [0.1, 0.15) is 65.2 Å². The molecular weight excluding hydrogens is 829 g/mol. The lowest BCUT2D eigenvalue weighted by Gasteiger charge is -2.51. The third kappa shape index (κ3) is 7.71. The minimum atomic E-state index is -2.43. The van der Waals surface area contributed by atoms with Gasteiger partial charge in [-0.1, -0.05) is 18.2 Å². The van der Waals surface area contributed by atoms with Crippen molar-refractivity contribution in [3.8, 4) is 22.9 Å². The Morgan fingerprint density at radius 3 is 2.59 bits per heavy atom. The van der Waals surface area contributed by atoms with E-state index in [-0.39, 0.29) is 47.0 Å². The molecule has 3 aromatic carbocycles. The number of aliphatic hydroxyl groups is 5. The zero-order valence-electron chi connectivity index (χ0n) is 35.2. The summed E-state index contributed by atoms with van der Waals surface area (Å²) in [6.45, 7) is 0.853. The van der Waals surface area contributed by atoms with E-state index in [1.54, 1.807) is 13.0 Å². The van der Waals surface area contributed by atoms with Gasteiger partial charge >= 0.3 is 0 Å². The summed E-state index contributed by atoms with van der Waals surface area (Å²) in [6.07, 6.45) is 3.12. The van der Waals surface area contributed by atoms with Crippen LogP contribution in [0, 0.1) is 24.7 Å². The van der Waals surface area contributed by atoms with Gasteiger partial charge in [-0.15, -0.1) is 0 Å². The Kier molecular flexibility index (Phi) is 11.5. The van der Waals surface area contributed by atoms with Gasteiger partial charge in [0, 0.05) is 79.3 Å². The summed E-state index contributed by atoms with van der Waals surface area (Å²) in [5, 5.41) is 84.1. The number of H-pyrrole nitrogens is 1. The number of rotatable bonds is 14. The molecule has 64 heavy (non-hydrogen) atoms. The smallest absolute Gasteiger partial charge is 0.220 e. The topological polar surface area (TPSA) is 261 Å². The van der Waals surface area contributed by atoms with Gasteiger partial charge in [0.2, 0.25) is 5.91 Å². The van der Waals surface area contributed by atoms with Crippen LogP contribution in [0.3, 0.4) is 0 Å². The van der Waals surface area contributed by atoms with Crippen LogP contribution in [0.2, 0.25) is 0 Å². The molecule has 9 rings (SSSR count). The molecule has 0 radical (unpaired) electrons. The van der Waals surface area contributed by atoms with Gasteiger partial charge in [0.15, 0.2) is 16.8 Å². The van der Waals surface area contributed by atoms with Crippen LogP contribution >= 0.6 is 0 Å². The average Bonchev–Trinajstić information content (AvgIpc) is 4.02. The van der Waals surface area contributed by atoms with Crippen LogP contribution in [0.15, 0.2) is 88.5 Å². The fourth-order valence-electron chi connectivity index (χ4n) is 9.93. The third-order valence-electron chi connectivity index (χ3n) is 13.3. The first-order valence-corrected chi connectivity index (χ1v) is 21.4. The maximum absolute atomic E-state index is 13.7. The van der Waals surface area contributed by atoms with Gasteiger partial charge in [-0.25, -0.2) is 9.78 Å². The van der Waals surface area contributed by atoms with E-state index >= 15 is 0 Å². The highest BCUT2D eigenvalue weighted by Crippen LogP contribution is 2.51. The second kappa shape index (κ2) is 17.0. The van der Waals surface area contributed by atoms with Crippen molar-refractivity contribution in [3.63, 3.8) is 0 Å². The number of allylic oxidation sites excluding steroid dienone is 1. The summed E-state index contributed by atoms with van der Waals surface area (Å²) in [6, 6.07) is 12.2. The monoisotopic (exact) mass is 880 g/mol. The number of phenols is 2. The number of ether oxygens (including phenoxy) is 1. The van der Waals surface area contributed by atoms with Crippen molar-refractivity contribution >= 4 is 38.6 Å². The van der Waals surface area contributed by atoms with Gasteiger partial charge in [-0.3, -0.25) is 9.59 Å². The summed E-state index contributed by atoms with van der Waals surface area (Å²) in [7, 11) is 1.81. The van der Waals surface area contributed by atoms with E-state index in [4.69, 9.17) is 18.9 Å². The largest absolute Gasteiger partial charge is 0.508 e. The molecule has 1 amide bonds. The number of aromatic amines is 1. The molecule has 0 bridgehead atoms. The Morgan fingerprint density at radius 1 is 1.02 bits per heavy atom. The van der Waals surface area contributed by atoms with Crippen molar-refractivity contribution in [1.82, 2.24) is 20.2 Å². The fraction of sp³-hybridized carbons (Fsp3) is 0.404. The van der Waals surface area contributed by atoms with Crippen molar-refractivity contribution in [2.45, 2.75) is 68.2 Å². The molecule has 6 aromatic rings. The highest BCUT2D eigenvalue weighted by atomic mass is 17.2. The number of aromatic hydroxyl groups is 2. The molecule has 2 aliphatic heterocycles. The SMILES string of the molecule is CNCC1C=CC(C2CNC(=O)C2)CC12Oc1c(cc3c(=O)cc(C)oc3c1-n1cc3cc[nH]c3c1)CC2OOCC(O)(Cc1ccc(O)c2ccc(O)cc12)C(O)C(O)C(O)CO. The molecule has 1 fully saturated rings. The van der Waals surface area contributed by atoms with E-state index in [1.165, 1.54) is 36.4 Å². The number of hydrogen-bond acceptors (Lipinski definition) is 14. The first-order valence-electron chi connectivity index (χ1n) is 21.4. The zero-order chi connectivity index (χ0) is 45.1. The van der Waals surface area contributed by atoms with Crippen LogP contribution in [0.25, 0.3) is 38.3 Å². The van der Waals surface area contributed by atoms with Crippen LogP contribution in [-0.2, 0) is 27.4 Å². The molecule has 3 aliphatic rings. The van der Waals surface area contributed by atoms with Crippen LogP contribution < -0.4 is 20.8 Å². The number of amides is 1. The molecule has 9 unspecified atom stereocenters. The maximum atomic E-state index is 13.7. The van der Waals surface area contributed by atoms with E-state index in [2.05, 4.69) is 27.8 Å². The van der Waals surface area contributed by atoms with Crippen LogP contribution in [0.1, 0.15) is 29.7 Å². The van der Waals surface area contributed by atoms with Crippen LogP contribution in [0.5, 0.6) is 17.2 Å². The molecule has 0 saturated carbocycles. The van der Waals surface area contributed by atoms with Crippen molar-refractivity contribution in [2.24, 2.45) is 17.8 Å². The lowest BCUT2D eigenvalue weighted by atomic mass is 9.66. The van der Waals surface area contributed by atoms with Crippen molar-refractivity contribution < 1.29 is 59.5 Å². The summed E-state index contributed by atoms with van der Waals surface area (Å²) in [5.74, 6) is -0.0413. The third-order valence-corrected chi connectivity index (χ3v) is 13.3. The molecule has 1 saturated heterocycles. The van der Waals surface area contributed by atoms with Crippen molar-refractivity contribution in [2.75, 3.05) is 33.4 Å². The molecule has 9 atom stereocenters. The zero-order valence-corrected chi connectivity index (χ0v) is 35.2. The normalized spacial score (nSPS) is 24.5. The highest BCUT2D eigenvalue weighted by Gasteiger charge is 2.56. The lowest BCUT2D eigenvalue weighted by molar-refractivity contribution is -0.376. The van der Waals surface area contributed by atoms with Gasteiger partial charge in [0.25, 0.3) is 0 Å². The Balaban J connectivity index is 1.15. The molecule has 10 N–H and O–H groups in total. The van der Waals surface area contributed by atoms with E-state index in [0.717, 1.165) is 10.9 Å². The van der Waals surface area contributed by atoms with Crippen molar-refractivity contribution in [3.05, 3.63) is 106 Å². The highest BCUT2D eigenvalue weighted by molar-refractivity contribution is 5.92. The summed E-state index contributed by atoms with van der Waals surface area (Å²) < 4.78 is 15.6. The predicted octanol–water partition coefficient (Wildman–Crippen LogP) is 2.52. The minimum absolute atomic E-state index is 0.0544. The van der Waals surface area contributed by atoms with Crippen LogP contribution in [-0.4, -0.2) is 120 Å². The standard InChI is InChI=1S/C47H52N4O13/c1-24-11-37(55)34-12-28-13-39(64-61-23-46(60,45(59)42(58)38(56)22-52)16-26-4-8-36(54)32-7-6-31(53)15-33(26)32)47(17-25(3-5-30(47)19-48-2)29-14-40(57)50-18-29)63-43(28)41(44(34)62-24)51-20-27-9-10-49-35(27)21-51/h3-12,15,20-21,25,29-30,38-39,42,45,48-49,52-54,56,58-60H,13-14,16-19,22-23H2,1-2H3,(H,50,57). The Hall–Kier alpha value is -5.76. The Labute approximate surface area is 366 Å². The Morgan fingerprint density at radius 2 is 1.84 bits per heavy atom. The number of hydrogen-bond donors (Lipinski definition) is 10. The number of carbonyl (C=O) groups is 1. The minimum Gasteiger partial charge on any atom is -0.508 e. The summed E-state index contributed by atoms with van der Waals surface area (Å²) >= 11 is 0. The average molecular weight is 881 g/mol. The molecule has 17 nitrogen and oxygen atoms in total. The molecule has 5 heterocycles. The number of aryl methyl sites for hydroxylation is 1. The number of nitrogens with one attached hydrogen (secondary N) is 3.